The molecule has 15 N–H and O–H groups in total. The molecule has 0 saturated carbocycles. The summed E-state index contributed by atoms with van der Waals surface area (Å²) in [5.74, 6) is 0. The summed E-state index contributed by atoms with van der Waals surface area (Å²) >= 11 is 0. The fraction of sp³-hybridized carbons (Fsp3) is 1.00. The Morgan fingerprint density at radius 3 is 1.04 bits per heavy atom. The molecule has 17 heteroatoms. The zero-order valence-electron chi connectivity index (χ0n) is 36.9. The summed E-state index contributed by atoms with van der Waals surface area (Å²) in [4.78, 5) is 12.5. The summed E-state index contributed by atoms with van der Waals surface area (Å²) in [5.41, 5.74) is 25.0. The highest BCUT2D eigenvalue weighted by molar-refractivity contribution is 4.70. The van der Waals surface area contributed by atoms with Gasteiger partial charge in [-0.15, -0.1) is 0 Å². The maximum absolute atomic E-state index is 7.68. The highest BCUT2D eigenvalue weighted by atomic mass is 15.2. The fourth-order valence-corrected chi connectivity index (χ4v) is 6.59. The van der Waals surface area contributed by atoms with Crippen molar-refractivity contribution in [2.24, 2.45) is 17.2 Å². The molecule has 0 spiro atoms. The second kappa shape index (κ2) is 45.4. The first-order valence-electron chi connectivity index (χ1n) is 22.5. The van der Waals surface area contributed by atoms with Crippen LogP contribution in [0, 0.1) is 0 Å². The van der Waals surface area contributed by atoms with Crippen molar-refractivity contribution in [3.63, 3.8) is 0 Å². The highest BCUT2D eigenvalue weighted by Crippen LogP contribution is 1.95. The lowest BCUT2D eigenvalue weighted by atomic mass is 10.3. The molecule has 17 nitrogen and oxygen atoms in total. The summed E-state index contributed by atoms with van der Waals surface area (Å²) in [5, 5.41) is 28.2. The van der Waals surface area contributed by atoms with Gasteiger partial charge in [-0.05, 0) is 53.0 Å². The first-order valence-corrected chi connectivity index (χ1v) is 22.5. The van der Waals surface area contributed by atoms with Crippen molar-refractivity contribution in [1.29, 1.82) is 0 Å². The largest absolute Gasteiger partial charge is 0.329 e. The number of nitrogens with one attached hydrogen (secondary N) is 9. The van der Waals surface area contributed by atoms with E-state index in [1.54, 1.807) is 0 Å². The molecule has 0 amide bonds. The molecule has 0 aliphatic heterocycles. The van der Waals surface area contributed by atoms with Gasteiger partial charge >= 0.3 is 0 Å². The van der Waals surface area contributed by atoms with E-state index in [1.165, 1.54) is 19.3 Å². The highest BCUT2D eigenvalue weighted by Gasteiger charge is 2.09. The van der Waals surface area contributed by atoms with Crippen LogP contribution in [0.3, 0.4) is 0 Å². The molecule has 0 atom stereocenters. The number of nitrogens with two attached hydrogens (primary N) is 3. The molecule has 56 heavy (non-hydrogen) atoms. The second-order valence-corrected chi connectivity index (χ2v) is 14.7. The van der Waals surface area contributed by atoms with Crippen LogP contribution in [-0.2, 0) is 0 Å². The summed E-state index contributed by atoms with van der Waals surface area (Å²) in [7, 11) is 4.01. The Kier molecular flexibility index (Phi) is 44.9. The molecule has 0 aromatic heterocycles. The van der Waals surface area contributed by atoms with Gasteiger partial charge < -0.3 is 69.5 Å². The average Bonchev–Trinajstić information content (AvgIpc) is 3.19. The predicted octanol–water partition coefficient (Wildman–Crippen LogP) is -4.18. The Labute approximate surface area is 345 Å². The molecule has 0 fully saturated rings. The monoisotopic (exact) mass is 803 g/mol. The maximum atomic E-state index is 7.68. The SMILES string of the molecule is CCCN(CCNCCN(CC[NH])CCNCCNC)CCNCCN(CCNCCN(CCN)CCN)CCNCCN(CCCCNC)CCNCCN. The quantitative estimate of drug-likeness (QED) is 0.0264. The van der Waals surface area contributed by atoms with Crippen molar-refractivity contribution in [1.82, 2.24) is 72.8 Å². The number of hydrogen-bond acceptors (Lipinski definition) is 16. The van der Waals surface area contributed by atoms with Crippen molar-refractivity contribution >= 4 is 0 Å². The Bertz CT molecular complexity index is 726. The van der Waals surface area contributed by atoms with Crippen molar-refractivity contribution < 1.29 is 0 Å². The number of rotatable bonds is 48. The molecule has 0 aromatic rings. The van der Waals surface area contributed by atoms with Crippen LogP contribution in [0.1, 0.15) is 26.2 Å². The smallest absolute Gasteiger partial charge is 0.0228 e. The van der Waals surface area contributed by atoms with Gasteiger partial charge in [0.2, 0.25) is 0 Å². The fourth-order valence-electron chi connectivity index (χ4n) is 6.59. The van der Waals surface area contributed by atoms with Crippen LogP contribution in [0.15, 0.2) is 0 Å². The van der Waals surface area contributed by atoms with Gasteiger partial charge in [-0.25, -0.2) is 0 Å². The van der Waals surface area contributed by atoms with Crippen molar-refractivity contribution in [3.05, 3.63) is 0 Å². The molecule has 0 unspecified atom stereocenters. The molecular weight excluding hydrogens is 707 g/mol. The molecule has 0 aromatic carbocycles. The maximum Gasteiger partial charge on any atom is 0.0228 e. The molecule has 0 rings (SSSR count). The zero-order valence-corrected chi connectivity index (χ0v) is 36.9. The number of nitrogens with zero attached hydrogens (tertiary/aromatic N) is 5. The third kappa shape index (κ3) is 37.6. The van der Waals surface area contributed by atoms with E-state index in [-0.39, 0.29) is 0 Å². The minimum atomic E-state index is 0.453. The van der Waals surface area contributed by atoms with Crippen LogP contribution < -0.4 is 65.5 Å². The van der Waals surface area contributed by atoms with Crippen molar-refractivity contribution in [2.75, 3.05) is 230 Å². The zero-order chi connectivity index (χ0) is 41.0. The Morgan fingerprint density at radius 2 is 0.679 bits per heavy atom. The van der Waals surface area contributed by atoms with E-state index >= 15 is 0 Å². The third-order valence-electron chi connectivity index (χ3n) is 9.93. The molecule has 0 aliphatic rings. The number of unbranched alkanes of at least 4 members (excludes halogenated alkanes) is 1. The van der Waals surface area contributed by atoms with E-state index in [0.29, 0.717) is 26.2 Å². The van der Waals surface area contributed by atoms with Gasteiger partial charge in [-0.3, -0.25) is 20.4 Å². The molecule has 0 heterocycles. The van der Waals surface area contributed by atoms with Crippen LogP contribution >= 0.6 is 0 Å². The van der Waals surface area contributed by atoms with Gasteiger partial charge in [0.15, 0.2) is 0 Å². The number of hydrogen-bond donors (Lipinski definition) is 11. The average molecular weight is 803 g/mol. The van der Waals surface area contributed by atoms with E-state index in [2.05, 4.69) is 74.0 Å². The second-order valence-electron chi connectivity index (χ2n) is 14.7. The van der Waals surface area contributed by atoms with Crippen LogP contribution in [0.25, 0.3) is 0 Å². The predicted molar refractivity (Wildman–Crippen MR) is 242 cm³/mol. The Balaban J connectivity index is 4.71. The molecule has 337 valence electrons. The van der Waals surface area contributed by atoms with E-state index in [9.17, 15) is 0 Å². The molecule has 1 radical (unpaired) electrons. The van der Waals surface area contributed by atoms with E-state index in [1.807, 2.05) is 14.1 Å². The van der Waals surface area contributed by atoms with Gasteiger partial charge in [-0.2, -0.15) is 0 Å². The first kappa shape index (κ1) is 55.3. The van der Waals surface area contributed by atoms with Crippen molar-refractivity contribution in [3.8, 4) is 0 Å². The topological polar surface area (TPSA) is 214 Å². The van der Waals surface area contributed by atoms with Gasteiger partial charge in [0.05, 0.1) is 0 Å². The first-order chi connectivity index (χ1) is 27.6. The summed E-state index contributed by atoms with van der Waals surface area (Å²) in [6.45, 7) is 33.8. The van der Waals surface area contributed by atoms with Gasteiger partial charge in [-0.1, -0.05) is 6.92 Å². The van der Waals surface area contributed by atoms with Crippen LogP contribution in [0.2, 0.25) is 0 Å². The van der Waals surface area contributed by atoms with Crippen LogP contribution in [-0.4, -0.2) is 255 Å². The minimum absolute atomic E-state index is 0.453. The van der Waals surface area contributed by atoms with Crippen molar-refractivity contribution in [2.45, 2.75) is 26.2 Å². The summed E-state index contributed by atoms with van der Waals surface area (Å²) in [6.07, 6.45) is 3.60. The normalized spacial score (nSPS) is 12.2. The minimum Gasteiger partial charge on any atom is -0.329 e. The molecular formula is C39H96N17. The lowest BCUT2D eigenvalue weighted by Gasteiger charge is -2.26. The van der Waals surface area contributed by atoms with E-state index in [0.717, 1.165) is 190 Å². The van der Waals surface area contributed by atoms with Gasteiger partial charge in [0.1, 0.15) is 0 Å². The van der Waals surface area contributed by atoms with E-state index in [4.69, 9.17) is 22.9 Å². The Hall–Kier alpha value is -0.680. The van der Waals surface area contributed by atoms with E-state index < -0.39 is 0 Å². The summed E-state index contributed by atoms with van der Waals surface area (Å²) in [6, 6.07) is 0. The molecule has 0 saturated heterocycles. The van der Waals surface area contributed by atoms with Gasteiger partial charge in [0, 0.05) is 196 Å². The lowest BCUT2D eigenvalue weighted by Crippen LogP contribution is -2.44. The van der Waals surface area contributed by atoms with Crippen LogP contribution in [0.5, 0.6) is 0 Å². The molecule has 0 bridgehead atoms. The number of likely N-dealkylation sites (N-methyl/N-ethyl adjacent to an activating group) is 1. The lowest BCUT2D eigenvalue weighted by molar-refractivity contribution is 0.244. The molecule has 0 aliphatic carbocycles. The van der Waals surface area contributed by atoms with Crippen LogP contribution in [0.4, 0.5) is 0 Å². The Morgan fingerprint density at radius 1 is 0.339 bits per heavy atom. The standard InChI is InChI=1S/C39H96N17/c1-4-25-52(30-17-48-21-36-55(29-10-43)35-16-47-14-13-45-3)31-18-49-22-37-56(39-24-51-20-34-54(27-8-41)28-9-42)38-23-50-19-33-53(26-6-5-11-44-2)32-15-46-12-7-40/h43-51H,4-42H2,1-3H3. The van der Waals surface area contributed by atoms with Gasteiger partial charge in [0.25, 0.3) is 0 Å². The summed E-state index contributed by atoms with van der Waals surface area (Å²) < 4.78 is 0. The third-order valence-corrected chi connectivity index (χ3v) is 9.93.